The van der Waals surface area contributed by atoms with Gasteiger partial charge in [-0.1, -0.05) is 12.1 Å². The first-order chi connectivity index (χ1) is 11.3. The van der Waals surface area contributed by atoms with Gasteiger partial charge >= 0.3 is 6.18 Å². The lowest BCUT2D eigenvalue weighted by Crippen LogP contribution is -2.18. The standard InChI is InChI=1S/C16H13F3N2O3/c17-16(18,19)12-5-1-10(2-6-12)9-14(22)20-13-7-3-11(4-8-13)15(23)21-24/h1-8,24H,9H2,(H,20,22)(H,21,23). The van der Waals surface area contributed by atoms with Crippen molar-refractivity contribution < 1.29 is 28.0 Å². The van der Waals surface area contributed by atoms with Crippen molar-refractivity contribution in [2.24, 2.45) is 0 Å². The molecule has 0 atom stereocenters. The van der Waals surface area contributed by atoms with Crippen molar-refractivity contribution in [3.05, 3.63) is 65.2 Å². The van der Waals surface area contributed by atoms with Crippen molar-refractivity contribution in [1.82, 2.24) is 5.48 Å². The molecule has 5 nitrogen and oxygen atoms in total. The molecule has 0 aromatic heterocycles. The van der Waals surface area contributed by atoms with Crippen LogP contribution in [0.25, 0.3) is 0 Å². The first-order valence-electron chi connectivity index (χ1n) is 6.80. The first kappa shape index (κ1) is 17.5. The highest BCUT2D eigenvalue weighted by Crippen LogP contribution is 2.29. The molecule has 0 bridgehead atoms. The van der Waals surface area contributed by atoms with Crippen molar-refractivity contribution in [1.29, 1.82) is 0 Å². The molecule has 0 radical (unpaired) electrons. The molecule has 2 rings (SSSR count). The van der Waals surface area contributed by atoms with E-state index in [9.17, 15) is 22.8 Å². The van der Waals surface area contributed by atoms with Crippen molar-refractivity contribution >= 4 is 17.5 Å². The summed E-state index contributed by atoms with van der Waals surface area (Å²) in [5.41, 5.74) is 1.78. The van der Waals surface area contributed by atoms with Gasteiger partial charge in [0, 0.05) is 11.3 Å². The molecule has 0 unspecified atom stereocenters. The van der Waals surface area contributed by atoms with E-state index in [0.29, 0.717) is 11.3 Å². The molecule has 3 N–H and O–H groups in total. The summed E-state index contributed by atoms with van der Waals surface area (Å²) in [6.45, 7) is 0. The summed E-state index contributed by atoms with van der Waals surface area (Å²) in [6.07, 6.45) is -4.50. The van der Waals surface area contributed by atoms with Gasteiger partial charge in [-0.05, 0) is 42.0 Å². The van der Waals surface area contributed by atoms with Gasteiger partial charge in [0.1, 0.15) is 0 Å². The van der Waals surface area contributed by atoms with Crippen LogP contribution in [0.5, 0.6) is 0 Å². The van der Waals surface area contributed by atoms with Crippen LogP contribution >= 0.6 is 0 Å². The van der Waals surface area contributed by atoms with E-state index in [1.807, 2.05) is 0 Å². The summed E-state index contributed by atoms with van der Waals surface area (Å²) in [5, 5.41) is 11.1. The highest BCUT2D eigenvalue weighted by Gasteiger charge is 2.29. The number of carbonyl (C=O) groups is 2. The van der Waals surface area contributed by atoms with E-state index >= 15 is 0 Å². The Hall–Kier alpha value is -2.87. The third kappa shape index (κ3) is 4.56. The molecule has 2 amide bonds. The predicted octanol–water partition coefficient (Wildman–Crippen LogP) is 3.01. The minimum Gasteiger partial charge on any atom is -0.326 e. The molecular weight excluding hydrogens is 325 g/mol. The van der Waals surface area contributed by atoms with Gasteiger partial charge in [-0.25, -0.2) is 5.48 Å². The number of benzene rings is 2. The van der Waals surface area contributed by atoms with Gasteiger partial charge in [-0.3, -0.25) is 14.8 Å². The molecule has 0 aliphatic carbocycles. The Morgan fingerprint density at radius 1 is 0.958 bits per heavy atom. The Morgan fingerprint density at radius 2 is 1.54 bits per heavy atom. The van der Waals surface area contributed by atoms with Gasteiger partial charge in [-0.2, -0.15) is 13.2 Å². The van der Waals surface area contributed by atoms with Crippen LogP contribution in [0.4, 0.5) is 18.9 Å². The summed E-state index contributed by atoms with van der Waals surface area (Å²) in [6, 6.07) is 10.1. The number of anilines is 1. The van der Waals surface area contributed by atoms with E-state index < -0.39 is 23.6 Å². The Kier molecular flexibility index (Phi) is 5.20. The van der Waals surface area contributed by atoms with Crippen molar-refractivity contribution in [2.75, 3.05) is 5.32 Å². The fourth-order valence-electron chi connectivity index (χ4n) is 1.97. The summed E-state index contributed by atoms with van der Waals surface area (Å²) in [4.78, 5) is 23.0. The molecule has 2 aromatic rings. The van der Waals surface area contributed by atoms with Gasteiger partial charge in [-0.15, -0.1) is 0 Å². The van der Waals surface area contributed by atoms with Crippen molar-refractivity contribution in [2.45, 2.75) is 12.6 Å². The molecule has 0 spiro atoms. The van der Waals surface area contributed by atoms with E-state index in [1.165, 1.54) is 41.9 Å². The summed E-state index contributed by atoms with van der Waals surface area (Å²) >= 11 is 0. The molecule has 2 aromatic carbocycles. The maximum Gasteiger partial charge on any atom is 0.416 e. The molecule has 0 saturated carbocycles. The SMILES string of the molecule is O=C(Cc1ccc(C(F)(F)F)cc1)Nc1ccc(C(=O)NO)cc1. The zero-order valence-corrected chi connectivity index (χ0v) is 12.2. The number of halogens is 3. The zero-order chi connectivity index (χ0) is 17.7. The number of hydroxylamine groups is 1. The third-order valence-corrected chi connectivity index (χ3v) is 3.18. The van der Waals surface area contributed by atoms with Crippen LogP contribution in [0, 0.1) is 0 Å². The van der Waals surface area contributed by atoms with Gasteiger partial charge in [0.15, 0.2) is 0 Å². The molecule has 0 heterocycles. The smallest absolute Gasteiger partial charge is 0.326 e. The van der Waals surface area contributed by atoms with Crippen molar-refractivity contribution in [3.63, 3.8) is 0 Å². The number of nitrogens with one attached hydrogen (secondary N) is 2. The minimum atomic E-state index is -4.41. The molecule has 126 valence electrons. The number of hydrogen-bond donors (Lipinski definition) is 3. The van der Waals surface area contributed by atoms with E-state index in [2.05, 4.69) is 5.32 Å². The van der Waals surface area contributed by atoms with Gasteiger partial charge in [0.2, 0.25) is 5.91 Å². The van der Waals surface area contributed by atoms with Gasteiger partial charge in [0.05, 0.1) is 12.0 Å². The molecule has 0 saturated heterocycles. The summed E-state index contributed by atoms with van der Waals surface area (Å²) in [5.74, 6) is -1.09. The second-order valence-corrected chi connectivity index (χ2v) is 4.94. The number of amides is 2. The average molecular weight is 338 g/mol. The number of carbonyl (C=O) groups excluding carboxylic acids is 2. The monoisotopic (exact) mass is 338 g/mol. The van der Waals surface area contributed by atoms with Crippen LogP contribution in [0.1, 0.15) is 21.5 Å². The molecule has 24 heavy (non-hydrogen) atoms. The second-order valence-electron chi connectivity index (χ2n) is 4.94. The van der Waals surface area contributed by atoms with Gasteiger partial charge < -0.3 is 5.32 Å². The zero-order valence-electron chi connectivity index (χ0n) is 12.2. The fraction of sp³-hybridized carbons (Fsp3) is 0.125. The van der Waals surface area contributed by atoms with Crippen LogP contribution in [-0.4, -0.2) is 17.0 Å². The highest BCUT2D eigenvalue weighted by molar-refractivity contribution is 5.95. The van der Waals surface area contributed by atoms with E-state index in [0.717, 1.165) is 12.1 Å². The topological polar surface area (TPSA) is 78.4 Å². The van der Waals surface area contributed by atoms with Crippen LogP contribution in [-0.2, 0) is 17.4 Å². The van der Waals surface area contributed by atoms with E-state index in [4.69, 9.17) is 5.21 Å². The summed E-state index contributed by atoms with van der Waals surface area (Å²) < 4.78 is 37.4. The third-order valence-electron chi connectivity index (χ3n) is 3.18. The molecule has 0 aliphatic rings. The molecular formula is C16H13F3N2O3. The van der Waals surface area contributed by atoms with Crippen LogP contribution < -0.4 is 10.8 Å². The molecule has 0 aliphatic heterocycles. The Labute approximate surface area is 135 Å². The summed E-state index contributed by atoms with van der Waals surface area (Å²) in [7, 11) is 0. The maximum absolute atomic E-state index is 12.5. The lowest BCUT2D eigenvalue weighted by atomic mass is 10.1. The predicted molar refractivity (Wildman–Crippen MR) is 79.5 cm³/mol. The fourth-order valence-corrected chi connectivity index (χ4v) is 1.97. The van der Waals surface area contributed by atoms with Crippen LogP contribution in [0.2, 0.25) is 0 Å². The molecule has 0 fully saturated rings. The minimum absolute atomic E-state index is 0.0863. The van der Waals surface area contributed by atoms with Crippen LogP contribution in [0.3, 0.4) is 0 Å². The lowest BCUT2D eigenvalue weighted by molar-refractivity contribution is -0.137. The highest BCUT2D eigenvalue weighted by atomic mass is 19.4. The lowest BCUT2D eigenvalue weighted by Gasteiger charge is -2.08. The number of alkyl halides is 3. The number of rotatable bonds is 4. The maximum atomic E-state index is 12.5. The largest absolute Gasteiger partial charge is 0.416 e. The van der Waals surface area contributed by atoms with Gasteiger partial charge in [0.25, 0.3) is 5.91 Å². The van der Waals surface area contributed by atoms with Crippen LogP contribution in [0.15, 0.2) is 48.5 Å². The Morgan fingerprint density at radius 3 is 2.04 bits per heavy atom. The quantitative estimate of drug-likeness (QED) is 0.592. The van der Waals surface area contributed by atoms with E-state index in [1.54, 1.807) is 0 Å². The first-order valence-corrected chi connectivity index (χ1v) is 6.80. The average Bonchev–Trinajstić information content (AvgIpc) is 2.54. The Balaban J connectivity index is 1.97. The molecule has 8 heteroatoms. The second kappa shape index (κ2) is 7.14. The van der Waals surface area contributed by atoms with Crippen molar-refractivity contribution in [3.8, 4) is 0 Å². The van der Waals surface area contributed by atoms with E-state index in [-0.39, 0.29) is 12.0 Å². The normalized spacial score (nSPS) is 11.0. The Bertz CT molecular complexity index is 726. The number of hydrogen-bond acceptors (Lipinski definition) is 3.